The van der Waals surface area contributed by atoms with Crippen LogP contribution in [0.1, 0.15) is 18.6 Å². The lowest BCUT2D eigenvalue weighted by Gasteiger charge is -2.10. The van der Waals surface area contributed by atoms with Crippen molar-refractivity contribution < 1.29 is 9.32 Å². The summed E-state index contributed by atoms with van der Waals surface area (Å²) in [7, 11) is 1.61. The second-order valence-corrected chi connectivity index (χ2v) is 3.28. The molecular weight excluding hydrogens is 196 g/mol. The molecule has 0 fully saturated rings. The fourth-order valence-corrected chi connectivity index (χ4v) is 1.15. The maximum absolute atomic E-state index is 11.1. The average Bonchev–Trinajstić information content (AvgIpc) is 2.63. The molecule has 0 saturated heterocycles. The predicted molar refractivity (Wildman–Crippen MR) is 54.3 cm³/mol. The van der Waals surface area contributed by atoms with Crippen molar-refractivity contribution in [3.63, 3.8) is 0 Å². The Balaban J connectivity index is 2.24. The summed E-state index contributed by atoms with van der Waals surface area (Å²) >= 11 is 0. The standard InChI is InChI=1S/C9H16N4O2/c1-6(9(14)10-3)11-5-4-8-12-7(2)13-15-8/h6,11H,4-5H2,1-3H3,(H,10,14). The molecule has 1 amide bonds. The van der Waals surface area contributed by atoms with Crippen LogP contribution in [0.3, 0.4) is 0 Å². The molecule has 1 aromatic heterocycles. The van der Waals surface area contributed by atoms with Gasteiger partial charge in [-0.1, -0.05) is 5.16 Å². The second kappa shape index (κ2) is 5.45. The fourth-order valence-electron chi connectivity index (χ4n) is 1.15. The van der Waals surface area contributed by atoms with Gasteiger partial charge >= 0.3 is 0 Å². The van der Waals surface area contributed by atoms with Gasteiger partial charge in [-0.05, 0) is 13.8 Å². The highest BCUT2D eigenvalue weighted by Gasteiger charge is 2.10. The van der Waals surface area contributed by atoms with Crippen molar-refractivity contribution in [3.05, 3.63) is 11.7 Å². The first kappa shape index (κ1) is 11.6. The van der Waals surface area contributed by atoms with E-state index in [4.69, 9.17) is 4.52 Å². The molecule has 6 heteroatoms. The van der Waals surface area contributed by atoms with Crippen LogP contribution in [0.2, 0.25) is 0 Å². The van der Waals surface area contributed by atoms with E-state index >= 15 is 0 Å². The summed E-state index contributed by atoms with van der Waals surface area (Å²) < 4.78 is 4.93. The smallest absolute Gasteiger partial charge is 0.236 e. The van der Waals surface area contributed by atoms with Crippen LogP contribution in [0.5, 0.6) is 0 Å². The quantitative estimate of drug-likeness (QED) is 0.697. The van der Waals surface area contributed by atoms with E-state index in [1.54, 1.807) is 20.9 Å². The number of amides is 1. The first-order chi connectivity index (χ1) is 7.13. The summed E-state index contributed by atoms with van der Waals surface area (Å²) in [5, 5.41) is 9.29. The molecule has 0 aliphatic heterocycles. The number of hydrogen-bond donors (Lipinski definition) is 2. The highest BCUT2D eigenvalue weighted by Crippen LogP contribution is 1.95. The highest BCUT2D eigenvalue weighted by molar-refractivity contribution is 5.80. The molecule has 0 aliphatic rings. The van der Waals surface area contributed by atoms with Gasteiger partial charge in [0.15, 0.2) is 5.82 Å². The summed E-state index contributed by atoms with van der Waals surface area (Å²) in [6, 6.07) is -0.209. The van der Waals surface area contributed by atoms with Gasteiger partial charge in [-0.2, -0.15) is 4.98 Å². The first-order valence-electron chi connectivity index (χ1n) is 4.87. The van der Waals surface area contributed by atoms with E-state index in [2.05, 4.69) is 20.8 Å². The Morgan fingerprint density at radius 1 is 1.60 bits per heavy atom. The molecule has 0 spiro atoms. The fraction of sp³-hybridized carbons (Fsp3) is 0.667. The number of nitrogens with zero attached hydrogens (tertiary/aromatic N) is 2. The summed E-state index contributed by atoms with van der Waals surface area (Å²) in [6.45, 7) is 4.21. The van der Waals surface area contributed by atoms with Gasteiger partial charge in [-0.25, -0.2) is 0 Å². The van der Waals surface area contributed by atoms with E-state index in [0.29, 0.717) is 24.7 Å². The van der Waals surface area contributed by atoms with E-state index in [1.165, 1.54) is 0 Å². The van der Waals surface area contributed by atoms with Crippen LogP contribution >= 0.6 is 0 Å². The van der Waals surface area contributed by atoms with Crippen molar-refractivity contribution in [2.45, 2.75) is 26.3 Å². The maximum Gasteiger partial charge on any atom is 0.236 e. The summed E-state index contributed by atoms with van der Waals surface area (Å²) in [5.74, 6) is 1.19. The zero-order valence-electron chi connectivity index (χ0n) is 9.20. The van der Waals surface area contributed by atoms with Crippen molar-refractivity contribution >= 4 is 5.91 Å². The summed E-state index contributed by atoms with van der Waals surface area (Å²) in [5.41, 5.74) is 0. The molecule has 0 aliphatic carbocycles. The van der Waals surface area contributed by atoms with Crippen molar-refractivity contribution in [2.24, 2.45) is 0 Å². The molecule has 1 aromatic rings. The normalized spacial score (nSPS) is 12.5. The molecule has 0 saturated carbocycles. The molecule has 1 atom stereocenters. The molecule has 1 unspecified atom stereocenters. The SMILES string of the molecule is CNC(=O)C(C)NCCc1nc(C)no1. The van der Waals surface area contributed by atoms with Gasteiger partial charge in [0.2, 0.25) is 11.8 Å². The third kappa shape index (κ3) is 3.67. The van der Waals surface area contributed by atoms with Crippen molar-refractivity contribution in [1.29, 1.82) is 0 Å². The van der Waals surface area contributed by atoms with Gasteiger partial charge in [0.25, 0.3) is 0 Å². The monoisotopic (exact) mass is 212 g/mol. The maximum atomic E-state index is 11.1. The third-order valence-electron chi connectivity index (χ3n) is 2.00. The Bertz CT molecular complexity index is 324. The molecule has 0 bridgehead atoms. The van der Waals surface area contributed by atoms with Crippen LogP contribution in [0.15, 0.2) is 4.52 Å². The number of carbonyl (C=O) groups is 1. The van der Waals surface area contributed by atoms with Crippen LogP contribution in [0.25, 0.3) is 0 Å². The van der Waals surface area contributed by atoms with Crippen LogP contribution < -0.4 is 10.6 Å². The van der Waals surface area contributed by atoms with Crippen molar-refractivity contribution in [1.82, 2.24) is 20.8 Å². The molecule has 2 N–H and O–H groups in total. The lowest BCUT2D eigenvalue weighted by atomic mass is 10.3. The topological polar surface area (TPSA) is 80.0 Å². The van der Waals surface area contributed by atoms with Gasteiger partial charge in [0.05, 0.1) is 6.04 Å². The van der Waals surface area contributed by atoms with E-state index < -0.39 is 0 Å². The Morgan fingerprint density at radius 3 is 2.87 bits per heavy atom. The minimum atomic E-state index is -0.209. The number of hydrogen-bond acceptors (Lipinski definition) is 5. The molecule has 1 heterocycles. The number of nitrogens with one attached hydrogen (secondary N) is 2. The van der Waals surface area contributed by atoms with E-state index in [9.17, 15) is 4.79 Å². The van der Waals surface area contributed by atoms with Gasteiger partial charge in [-0.3, -0.25) is 4.79 Å². The van der Waals surface area contributed by atoms with Crippen molar-refractivity contribution in [2.75, 3.05) is 13.6 Å². The lowest BCUT2D eigenvalue weighted by Crippen LogP contribution is -2.41. The lowest BCUT2D eigenvalue weighted by molar-refractivity contribution is -0.122. The Hall–Kier alpha value is -1.43. The number of rotatable bonds is 5. The molecular formula is C9H16N4O2. The zero-order valence-corrected chi connectivity index (χ0v) is 9.20. The first-order valence-corrected chi connectivity index (χ1v) is 4.87. The van der Waals surface area contributed by atoms with E-state index in [1.807, 2.05) is 0 Å². The second-order valence-electron chi connectivity index (χ2n) is 3.28. The number of aromatic nitrogens is 2. The molecule has 84 valence electrons. The minimum Gasteiger partial charge on any atom is -0.358 e. The van der Waals surface area contributed by atoms with Crippen LogP contribution in [-0.2, 0) is 11.2 Å². The molecule has 0 radical (unpaired) electrons. The summed E-state index contributed by atoms with van der Waals surface area (Å²) in [4.78, 5) is 15.2. The Morgan fingerprint density at radius 2 is 2.33 bits per heavy atom. The third-order valence-corrected chi connectivity index (χ3v) is 2.00. The van der Waals surface area contributed by atoms with Crippen LogP contribution in [0.4, 0.5) is 0 Å². The van der Waals surface area contributed by atoms with Crippen LogP contribution in [0, 0.1) is 6.92 Å². The number of aryl methyl sites for hydroxylation is 1. The molecule has 1 rings (SSSR count). The Kier molecular flexibility index (Phi) is 4.23. The van der Waals surface area contributed by atoms with Crippen molar-refractivity contribution in [3.8, 4) is 0 Å². The minimum absolute atomic E-state index is 0.0308. The zero-order chi connectivity index (χ0) is 11.3. The predicted octanol–water partition coefficient (Wildman–Crippen LogP) is -0.355. The highest BCUT2D eigenvalue weighted by atomic mass is 16.5. The van der Waals surface area contributed by atoms with Gasteiger partial charge < -0.3 is 15.2 Å². The van der Waals surface area contributed by atoms with Gasteiger partial charge in [-0.15, -0.1) is 0 Å². The van der Waals surface area contributed by atoms with Gasteiger partial charge in [0.1, 0.15) is 0 Å². The number of likely N-dealkylation sites (N-methyl/N-ethyl adjacent to an activating group) is 1. The average molecular weight is 212 g/mol. The molecule has 15 heavy (non-hydrogen) atoms. The largest absolute Gasteiger partial charge is 0.358 e. The number of carbonyl (C=O) groups excluding carboxylic acids is 1. The molecule has 6 nitrogen and oxygen atoms in total. The Labute approximate surface area is 88.4 Å². The summed E-state index contributed by atoms with van der Waals surface area (Å²) in [6.07, 6.45) is 0.627. The van der Waals surface area contributed by atoms with E-state index in [-0.39, 0.29) is 11.9 Å². The van der Waals surface area contributed by atoms with E-state index in [0.717, 1.165) is 0 Å². The van der Waals surface area contributed by atoms with Gasteiger partial charge in [0, 0.05) is 20.0 Å². The molecule has 0 aromatic carbocycles. The van der Waals surface area contributed by atoms with Crippen LogP contribution in [-0.4, -0.2) is 35.7 Å².